The minimum absolute atomic E-state index is 0.0810. The maximum atomic E-state index is 12.3. The number of benzene rings is 1. The number of hydrogen-bond donors (Lipinski definition) is 3. The molecule has 1 aliphatic carbocycles. The lowest BCUT2D eigenvalue weighted by Gasteiger charge is -2.31. The lowest BCUT2D eigenvalue weighted by Crippen LogP contribution is -2.45. The molecule has 1 aromatic rings. The quantitative estimate of drug-likeness (QED) is 0.803. The van der Waals surface area contributed by atoms with Crippen LogP contribution in [0.3, 0.4) is 0 Å². The number of aliphatic hydroxyl groups is 1. The van der Waals surface area contributed by atoms with E-state index in [1.54, 1.807) is 0 Å². The van der Waals surface area contributed by atoms with E-state index in [1.165, 1.54) is 11.3 Å². The van der Waals surface area contributed by atoms with Crippen LogP contribution in [-0.2, 0) is 6.42 Å². The fourth-order valence-electron chi connectivity index (χ4n) is 3.81. The highest BCUT2D eigenvalue weighted by molar-refractivity contribution is 5.90. The van der Waals surface area contributed by atoms with Gasteiger partial charge in [-0.05, 0) is 49.4 Å². The summed E-state index contributed by atoms with van der Waals surface area (Å²) in [5.74, 6) is 0.187. The Labute approximate surface area is 138 Å². The van der Waals surface area contributed by atoms with Crippen LogP contribution in [0.15, 0.2) is 18.2 Å². The predicted octanol–water partition coefficient (Wildman–Crippen LogP) is 2.74. The van der Waals surface area contributed by atoms with Gasteiger partial charge in [-0.1, -0.05) is 12.8 Å². The third kappa shape index (κ3) is 3.78. The Hall–Kier alpha value is -1.75. The molecular weight excluding hydrogens is 290 g/mol. The zero-order chi connectivity index (χ0) is 16.2. The standard InChI is InChI=1S/C18H27N3O2/c1-21-10-4-6-13-11-15(8-9-17(13)21)19-18(23)20-16-7-3-2-5-14(16)12-22/h8-9,11,14,16,22H,2-7,10,12H2,1H3,(H2,19,20,23). The average Bonchev–Trinajstić information content (AvgIpc) is 2.55. The van der Waals surface area contributed by atoms with Crippen molar-refractivity contribution >= 4 is 17.4 Å². The van der Waals surface area contributed by atoms with E-state index in [0.29, 0.717) is 0 Å². The van der Waals surface area contributed by atoms with Crippen molar-refractivity contribution < 1.29 is 9.90 Å². The third-order valence-corrected chi connectivity index (χ3v) is 5.15. The maximum Gasteiger partial charge on any atom is 0.319 e. The lowest BCUT2D eigenvalue weighted by molar-refractivity contribution is 0.156. The van der Waals surface area contributed by atoms with Crippen LogP contribution in [0, 0.1) is 5.92 Å². The van der Waals surface area contributed by atoms with Gasteiger partial charge in [0.05, 0.1) is 0 Å². The molecule has 1 aliphatic heterocycles. The van der Waals surface area contributed by atoms with Gasteiger partial charge in [0.1, 0.15) is 0 Å². The first-order valence-corrected chi connectivity index (χ1v) is 8.70. The SMILES string of the molecule is CN1CCCc2cc(NC(=O)NC3CCCCC3CO)ccc21. The van der Waals surface area contributed by atoms with Gasteiger partial charge in [-0.25, -0.2) is 4.79 Å². The summed E-state index contributed by atoms with van der Waals surface area (Å²) in [7, 11) is 2.11. The summed E-state index contributed by atoms with van der Waals surface area (Å²) in [6, 6.07) is 6.04. The van der Waals surface area contributed by atoms with Gasteiger partial charge in [-0.3, -0.25) is 0 Å². The monoisotopic (exact) mass is 317 g/mol. The number of amides is 2. The molecule has 3 rings (SSSR count). The van der Waals surface area contributed by atoms with Gasteiger partial charge in [-0.2, -0.15) is 0 Å². The minimum atomic E-state index is -0.167. The smallest absolute Gasteiger partial charge is 0.319 e. The number of aryl methyl sites for hydroxylation is 1. The molecule has 0 spiro atoms. The van der Waals surface area contributed by atoms with Gasteiger partial charge in [0.25, 0.3) is 0 Å². The molecule has 0 bridgehead atoms. The second-order valence-electron chi connectivity index (χ2n) is 6.80. The Morgan fingerprint density at radius 3 is 2.96 bits per heavy atom. The first-order chi connectivity index (χ1) is 11.2. The number of rotatable bonds is 3. The van der Waals surface area contributed by atoms with Crippen LogP contribution in [0.25, 0.3) is 0 Å². The molecule has 0 saturated heterocycles. The molecule has 2 aliphatic rings. The van der Waals surface area contributed by atoms with Gasteiger partial charge in [-0.15, -0.1) is 0 Å². The highest BCUT2D eigenvalue weighted by Crippen LogP contribution is 2.29. The molecule has 2 atom stereocenters. The van der Waals surface area contributed by atoms with E-state index in [4.69, 9.17) is 0 Å². The van der Waals surface area contributed by atoms with Crippen molar-refractivity contribution in [1.29, 1.82) is 0 Å². The number of aliphatic hydroxyl groups excluding tert-OH is 1. The number of carbonyl (C=O) groups is 1. The fourth-order valence-corrected chi connectivity index (χ4v) is 3.81. The van der Waals surface area contributed by atoms with E-state index in [9.17, 15) is 9.90 Å². The van der Waals surface area contributed by atoms with Gasteiger partial charge < -0.3 is 20.6 Å². The molecule has 3 N–H and O–H groups in total. The van der Waals surface area contributed by atoms with Gasteiger partial charge in [0.15, 0.2) is 0 Å². The summed E-state index contributed by atoms with van der Waals surface area (Å²) < 4.78 is 0. The molecule has 1 heterocycles. The number of fused-ring (bicyclic) bond motifs is 1. The molecule has 23 heavy (non-hydrogen) atoms. The summed E-state index contributed by atoms with van der Waals surface area (Å²) in [6.45, 7) is 1.24. The predicted molar refractivity (Wildman–Crippen MR) is 93.0 cm³/mol. The largest absolute Gasteiger partial charge is 0.396 e. The number of anilines is 2. The van der Waals surface area contributed by atoms with Crippen LogP contribution < -0.4 is 15.5 Å². The van der Waals surface area contributed by atoms with Crippen LogP contribution >= 0.6 is 0 Å². The highest BCUT2D eigenvalue weighted by atomic mass is 16.3. The molecule has 5 heteroatoms. The summed E-state index contributed by atoms with van der Waals surface area (Å²) in [4.78, 5) is 14.5. The Balaban J connectivity index is 1.61. The number of nitrogens with zero attached hydrogens (tertiary/aromatic N) is 1. The molecule has 5 nitrogen and oxygen atoms in total. The van der Waals surface area contributed by atoms with Gasteiger partial charge in [0, 0.05) is 43.5 Å². The molecular formula is C18H27N3O2. The number of urea groups is 1. The van der Waals surface area contributed by atoms with Crippen LogP contribution in [0.1, 0.15) is 37.7 Å². The van der Waals surface area contributed by atoms with Crippen LogP contribution in [0.5, 0.6) is 0 Å². The molecule has 0 radical (unpaired) electrons. The van der Waals surface area contributed by atoms with Crippen LogP contribution in [0.4, 0.5) is 16.2 Å². The Bertz CT molecular complexity index is 561. The summed E-state index contributed by atoms with van der Waals surface area (Å²) in [6.07, 6.45) is 6.42. The molecule has 2 unspecified atom stereocenters. The van der Waals surface area contributed by atoms with Crippen molar-refractivity contribution in [2.24, 2.45) is 5.92 Å². The highest BCUT2D eigenvalue weighted by Gasteiger charge is 2.25. The van der Waals surface area contributed by atoms with Crippen molar-refractivity contribution in [2.75, 3.05) is 30.4 Å². The van der Waals surface area contributed by atoms with E-state index in [-0.39, 0.29) is 24.6 Å². The first kappa shape index (κ1) is 16.1. The molecule has 2 amide bonds. The lowest BCUT2D eigenvalue weighted by atomic mass is 9.85. The van der Waals surface area contributed by atoms with Crippen molar-refractivity contribution in [3.05, 3.63) is 23.8 Å². The number of carbonyl (C=O) groups excluding carboxylic acids is 1. The maximum absolute atomic E-state index is 12.3. The van der Waals surface area contributed by atoms with Crippen LogP contribution in [-0.4, -0.2) is 37.4 Å². The van der Waals surface area contributed by atoms with Gasteiger partial charge >= 0.3 is 6.03 Å². The Morgan fingerprint density at radius 2 is 2.13 bits per heavy atom. The van der Waals surface area contributed by atoms with Crippen LogP contribution in [0.2, 0.25) is 0 Å². The van der Waals surface area contributed by atoms with Gasteiger partial charge in [0.2, 0.25) is 0 Å². The topological polar surface area (TPSA) is 64.6 Å². The first-order valence-electron chi connectivity index (χ1n) is 8.70. The normalized spacial score (nSPS) is 24.0. The van der Waals surface area contributed by atoms with E-state index in [0.717, 1.165) is 50.8 Å². The van der Waals surface area contributed by atoms with Crippen molar-refractivity contribution in [3.8, 4) is 0 Å². The van der Waals surface area contributed by atoms with Crippen molar-refractivity contribution in [2.45, 2.75) is 44.6 Å². The zero-order valence-corrected chi connectivity index (χ0v) is 13.8. The molecule has 1 saturated carbocycles. The van der Waals surface area contributed by atoms with Crippen molar-refractivity contribution in [3.63, 3.8) is 0 Å². The third-order valence-electron chi connectivity index (χ3n) is 5.15. The summed E-state index contributed by atoms with van der Waals surface area (Å²) >= 11 is 0. The molecule has 1 fully saturated rings. The van der Waals surface area contributed by atoms with E-state index >= 15 is 0 Å². The Morgan fingerprint density at radius 1 is 1.30 bits per heavy atom. The zero-order valence-electron chi connectivity index (χ0n) is 13.8. The minimum Gasteiger partial charge on any atom is -0.396 e. The van der Waals surface area contributed by atoms with E-state index in [1.807, 2.05) is 6.07 Å². The molecule has 126 valence electrons. The second-order valence-corrected chi connectivity index (χ2v) is 6.80. The van der Waals surface area contributed by atoms with Crippen molar-refractivity contribution in [1.82, 2.24) is 5.32 Å². The molecule has 1 aromatic carbocycles. The Kier molecular flexibility index (Phi) is 5.06. The summed E-state index contributed by atoms with van der Waals surface area (Å²) in [5.41, 5.74) is 3.39. The summed E-state index contributed by atoms with van der Waals surface area (Å²) in [5, 5.41) is 15.4. The van der Waals surface area contributed by atoms with E-state index in [2.05, 4.69) is 34.7 Å². The molecule has 0 aromatic heterocycles. The number of nitrogens with one attached hydrogen (secondary N) is 2. The second kappa shape index (κ2) is 7.21. The van der Waals surface area contributed by atoms with E-state index < -0.39 is 0 Å². The fraction of sp³-hybridized carbons (Fsp3) is 0.611. The average molecular weight is 317 g/mol. The number of hydrogen-bond acceptors (Lipinski definition) is 3.